The predicted molar refractivity (Wildman–Crippen MR) is 66.5 cm³/mol. The largest absolute Gasteiger partial charge is 0.480 e. The van der Waals surface area contributed by atoms with Crippen LogP contribution in [0.25, 0.3) is 0 Å². The van der Waals surface area contributed by atoms with Crippen LogP contribution in [0.15, 0.2) is 29.2 Å². The Hall–Kier alpha value is -1.44. The second kappa shape index (κ2) is 5.47. The molecule has 100 valence electrons. The molecule has 0 amide bonds. The number of benzene rings is 1. The average Bonchev–Trinajstić information content (AvgIpc) is 2.27. The number of carbonyl (C=O) groups is 1. The molecule has 0 saturated carbocycles. The topological polar surface area (TPSA) is 109 Å². The minimum Gasteiger partial charge on any atom is -0.480 e. The third-order valence-electron chi connectivity index (χ3n) is 2.56. The number of nitrogens with one attached hydrogen (secondary N) is 1. The Kier molecular flexibility index (Phi) is 4.44. The van der Waals surface area contributed by atoms with Crippen molar-refractivity contribution in [1.82, 2.24) is 5.32 Å². The first-order valence-corrected chi connectivity index (χ1v) is 6.88. The van der Waals surface area contributed by atoms with Gasteiger partial charge in [0.1, 0.15) is 6.04 Å². The maximum absolute atomic E-state index is 11.2. The number of hydrogen-bond acceptors (Lipinski definition) is 4. The molecule has 0 heterocycles. The Morgan fingerprint density at radius 3 is 2.50 bits per heavy atom. The maximum Gasteiger partial charge on any atom is 0.320 e. The highest BCUT2D eigenvalue weighted by Crippen LogP contribution is 2.17. The van der Waals surface area contributed by atoms with Crippen molar-refractivity contribution < 1.29 is 18.3 Å². The smallest absolute Gasteiger partial charge is 0.320 e. The number of primary sulfonamides is 1. The van der Waals surface area contributed by atoms with E-state index in [1.807, 2.05) is 0 Å². The van der Waals surface area contributed by atoms with Crippen molar-refractivity contribution in [2.24, 2.45) is 5.14 Å². The average molecular weight is 272 g/mol. The van der Waals surface area contributed by atoms with E-state index >= 15 is 0 Å². The van der Waals surface area contributed by atoms with Gasteiger partial charge in [-0.25, -0.2) is 13.6 Å². The Labute approximate surface area is 106 Å². The number of sulfonamides is 1. The number of carboxylic acids is 1. The van der Waals surface area contributed by atoms with Gasteiger partial charge in [-0.1, -0.05) is 12.1 Å². The normalized spacial score (nSPS) is 15.1. The molecule has 4 N–H and O–H groups in total. The van der Waals surface area contributed by atoms with E-state index in [0.29, 0.717) is 5.56 Å². The lowest BCUT2D eigenvalue weighted by Crippen LogP contribution is -2.35. The molecule has 0 fully saturated rings. The fourth-order valence-corrected chi connectivity index (χ4v) is 2.07. The summed E-state index contributed by atoms with van der Waals surface area (Å²) in [6.07, 6.45) is 0. The molecule has 2 unspecified atom stereocenters. The van der Waals surface area contributed by atoms with Gasteiger partial charge < -0.3 is 5.11 Å². The summed E-state index contributed by atoms with van der Waals surface area (Å²) >= 11 is 0. The zero-order valence-corrected chi connectivity index (χ0v) is 10.9. The lowest BCUT2D eigenvalue weighted by Gasteiger charge is -2.17. The molecule has 7 heteroatoms. The summed E-state index contributed by atoms with van der Waals surface area (Å²) in [7, 11) is -3.75. The summed E-state index contributed by atoms with van der Waals surface area (Å²) in [4.78, 5) is 10.7. The zero-order valence-electron chi connectivity index (χ0n) is 10.1. The van der Waals surface area contributed by atoms with Gasteiger partial charge in [0.25, 0.3) is 0 Å². The molecule has 0 spiro atoms. The molecule has 0 aromatic heterocycles. The summed E-state index contributed by atoms with van der Waals surface area (Å²) in [6, 6.07) is 5.09. The molecule has 0 radical (unpaired) electrons. The van der Waals surface area contributed by atoms with Crippen molar-refractivity contribution in [3.63, 3.8) is 0 Å². The molecule has 6 nitrogen and oxygen atoms in total. The molecule has 1 rings (SSSR count). The van der Waals surface area contributed by atoms with Crippen molar-refractivity contribution in [2.75, 3.05) is 0 Å². The predicted octanol–water partition coefficient (Wildman–Crippen LogP) is 0.458. The number of nitrogens with two attached hydrogens (primary N) is 1. The van der Waals surface area contributed by atoms with E-state index in [4.69, 9.17) is 10.2 Å². The monoisotopic (exact) mass is 272 g/mol. The first-order chi connectivity index (χ1) is 8.21. The van der Waals surface area contributed by atoms with Crippen LogP contribution in [-0.4, -0.2) is 25.5 Å². The van der Waals surface area contributed by atoms with Gasteiger partial charge in [-0.3, -0.25) is 10.1 Å². The molecular formula is C11H16N2O4S. The Morgan fingerprint density at radius 1 is 1.39 bits per heavy atom. The molecule has 0 aliphatic rings. The van der Waals surface area contributed by atoms with Crippen LogP contribution in [0.2, 0.25) is 0 Å². The summed E-state index contributed by atoms with van der Waals surface area (Å²) in [5, 5.41) is 16.7. The maximum atomic E-state index is 11.2. The molecule has 2 atom stereocenters. The zero-order chi connectivity index (χ0) is 13.9. The van der Waals surface area contributed by atoms with Crippen molar-refractivity contribution in [3.05, 3.63) is 29.8 Å². The van der Waals surface area contributed by atoms with Gasteiger partial charge in [0.15, 0.2) is 0 Å². The number of rotatable bonds is 5. The molecule has 1 aromatic carbocycles. The summed E-state index contributed by atoms with van der Waals surface area (Å²) in [6.45, 7) is 3.27. The van der Waals surface area contributed by atoms with Gasteiger partial charge in [-0.05, 0) is 31.5 Å². The van der Waals surface area contributed by atoms with Crippen LogP contribution in [0.5, 0.6) is 0 Å². The number of carboxylic acid groups (broad SMARTS) is 1. The Balaban J connectivity index is 2.94. The van der Waals surface area contributed by atoms with Crippen molar-refractivity contribution in [1.29, 1.82) is 0 Å². The lowest BCUT2D eigenvalue weighted by atomic mass is 10.1. The van der Waals surface area contributed by atoms with Crippen molar-refractivity contribution in [3.8, 4) is 0 Å². The van der Waals surface area contributed by atoms with Gasteiger partial charge in [0.2, 0.25) is 10.0 Å². The van der Waals surface area contributed by atoms with E-state index in [0.717, 1.165) is 0 Å². The minimum atomic E-state index is -3.75. The van der Waals surface area contributed by atoms with Gasteiger partial charge in [-0.15, -0.1) is 0 Å². The SMILES string of the molecule is CC(NC(C)c1cccc(S(N)(=O)=O)c1)C(=O)O. The molecule has 0 aliphatic carbocycles. The van der Waals surface area contributed by atoms with Crippen LogP contribution in [0.3, 0.4) is 0 Å². The van der Waals surface area contributed by atoms with E-state index in [1.54, 1.807) is 19.1 Å². The van der Waals surface area contributed by atoms with E-state index in [-0.39, 0.29) is 10.9 Å². The van der Waals surface area contributed by atoms with E-state index in [1.165, 1.54) is 19.1 Å². The second-order valence-electron chi connectivity index (χ2n) is 4.07. The Bertz CT molecular complexity index is 542. The van der Waals surface area contributed by atoms with Crippen LogP contribution in [0.1, 0.15) is 25.5 Å². The van der Waals surface area contributed by atoms with Crippen LogP contribution in [-0.2, 0) is 14.8 Å². The molecular weight excluding hydrogens is 256 g/mol. The van der Waals surface area contributed by atoms with E-state index < -0.39 is 22.0 Å². The fraction of sp³-hybridized carbons (Fsp3) is 0.364. The van der Waals surface area contributed by atoms with Crippen LogP contribution < -0.4 is 10.5 Å². The quantitative estimate of drug-likeness (QED) is 0.721. The van der Waals surface area contributed by atoms with Crippen LogP contribution in [0, 0.1) is 0 Å². The second-order valence-corrected chi connectivity index (χ2v) is 5.63. The molecule has 0 bridgehead atoms. The van der Waals surface area contributed by atoms with E-state index in [9.17, 15) is 13.2 Å². The summed E-state index contributed by atoms with van der Waals surface area (Å²) in [5.41, 5.74) is 0.662. The third kappa shape index (κ3) is 3.80. The van der Waals surface area contributed by atoms with Crippen LogP contribution >= 0.6 is 0 Å². The highest BCUT2D eigenvalue weighted by Gasteiger charge is 2.16. The number of hydrogen-bond donors (Lipinski definition) is 3. The van der Waals surface area contributed by atoms with Gasteiger partial charge in [-0.2, -0.15) is 0 Å². The summed E-state index contributed by atoms with van der Waals surface area (Å²) in [5.74, 6) is -0.968. The standard InChI is InChI=1S/C11H16N2O4S/c1-7(13-8(2)11(14)15)9-4-3-5-10(6-9)18(12,16)17/h3-8,13H,1-2H3,(H,14,15)(H2,12,16,17). The van der Waals surface area contributed by atoms with Gasteiger partial charge >= 0.3 is 5.97 Å². The van der Waals surface area contributed by atoms with Gasteiger partial charge in [0.05, 0.1) is 4.90 Å². The molecule has 0 saturated heterocycles. The van der Waals surface area contributed by atoms with Gasteiger partial charge in [0, 0.05) is 6.04 Å². The minimum absolute atomic E-state index is 0.0108. The first kappa shape index (κ1) is 14.6. The van der Waals surface area contributed by atoms with E-state index in [2.05, 4.69) is 5.32 Å². The van der Waals surface area contributed by atoms with Crippen LogP contribution in [0.4, 0.5) is 0 Å². The lowest BCUT2D eigenvalue weighted by molar-refractivity contribution is -0.139. The fourth-order valence-electron chi connectivity index (χ4n) is 1.50. The highest BCUT2D eigenvalue weighted by atomic mass is 32.2. The number of aliphatic carboxylic acids is 1. The highest BCUT2D eigenvalue weighted by molar-refractivity contribution is 7.89. The molecule has 18 heavy (non-hydrogen) atoms. The van der Waals surface area contributed by atoms with Crippen molar-refractivity contribution >= 4 is 16.0 Å². The third-order valence-corrected chi connectivity index (χ3v) is 3.47. The molecule has 0 aliphatic heterocycles. The first-order valence-electron chi connectivity index (χ1n) is 5.33. The summed E-state index contributed by atoms with van der Waals surface area (Å²) < 4.78 is 22.4. The van der Waals surface area contributed by atoms with Crippen molar-refractivity contribution in [2.45, 2.75) is 30.8 Å². The Morgan fingerprint density at radius 2 is 2.00 bits per heavy atom. The molecule has 1 aromatic rings.